The average molecular weight is 306 g/mol. The van der Waals surface area contributed by atoms with Gasteiger partial charge in [-0.05, 0) is 38.5 Å². The summed E-state index contributed by atoms with van der Waals surface area (Å²) in [5.74, 6) is 0.811. The van der Waals surface area contributed by atoms with Gasteiger partial charge in [0.25, 0.3) is 0 Å². The van der Waals surface area contributed by atoms with Crippen molar-refractivity contribution in [3.05, 3.63) is 11.9 Å². The van der Waals surface area contributed by atoms with Crippen molar-refractivity contribution in [2.24, 2.45) is 5.92 Å². The van der Waals surface area contributed by atoms with Gasteiger partial charge in [0.05, 0.1) is 11.7 Å². The van der Waals surface area contributed by atoms with Crippen molar-refractivity contribution in [3.63, 3.8) is 0 Å². The summed E-state index contributed by atoms with van der Waals surface area (Å²) in [6.45, 7) is 16.0. The first-order valence-corrected chi connectivity index (χ1v) is 8.93. The van der Waals surface area contributed by atoms with Gasteiger partial charge in [0, 0.05) is 30.7 Å². The lowest BCUT2D eigenvalue weighted by molar-refractivity contribution is 0.129. The van der Waals surface area contributed by atoms with Crippen LogP contribution in [0.2, 0.25) is 0 Å². The summed E-state index contributed by atoms with van der Waals surface area (Å²) >= 11 is 0. The fraction of sp³-hybridized carbons (Fsp3) is 0.889. The zero-order valence-corrected chi connectivity index (χ0v) is 15.3. The van der Waals surface area contributed by atoms with Crippen LogP contribution < -0.4 is 0 Å². The van der Waals surface area contributed by atoms with E-state index in [0.717, 1.165) is 11.6 Å². The zero-order valence-electron chi connectivity index (χ0n) is 15.3. The Kier molecular flexibility index (Phi) is 5.65. The van der Waals surface area contributed by atoms with Gasteiger partial charge in [-0.25, -0.2) is 4.68 Å². The third kappa shape index (κ3) is 4.55. The SMILES string of the molecule is CC(C)CC[C@@H](C)N1CCC(n2cc(C(C)(C)C)nn2)CC1. The second-order valence-electron chi connectivity index (χ2n) is 8.42. The van der Waals surface area contributed by atoms with Crippen molar-refractivity contribution in [1.82, 2.24) is 19.9 Å². The maximum absolute atomic E-state index is 4.38. The van der Waals surface area contributed by atoms with Crippen LogP contribution in [0.5, 0.6) is 0 Å². The van der Waals surface area contributed by atoms with Crippen LogP contribution in [0.15, 0.2) is 6.20 Å². The molecule has 22 heavy (non-hydrogen) atoms. The monoisotopic (exact) mass is 306 g/mol. The average Bonchev–Trinajstić information content (AvgIpc) is 2.94. The van der Waals surface area contributed by atoms with Crippen LogP contribution in [0.25, 0.3) is 0 Å². The summed E-state index contributed by atoms with van der Waals surface area (Å²) in [4.78, 5) is 2.65. The Labute approximate surface area is 136 Å². The largest absolute Gasteiger partial charge is 0.301 e. The van der Waals surface area contributed by atoms with E-state index in [9.17, 15) is 0 Å². The van der Waals surface area contributed by atoms with Gasteiger partial charge in [0.2, 0.25) is 0 Å². The molecule has 1 atom stereocenters. The smallest absolute Gasteiger partial charge is 0.0880 e. The van der Waals surface area contributed by atoms with E-state index in [4.69, 9.17) is 0 Å². The second-order valence-corrected chi connectivity index (χ2v) is 8.42. The molecular formula is C18H34N4. The zero-order chi connectivity index (χ0) is 16.3. The van der Waals surface area contributed by atoms with Crippen LogP contribution in [0.3, 0.4) is 0 Å². The quantitative estimate of drug-likeness (QED) is 0.823. The Bertz CT molecular complexity index is 450. The lowest BCUT2D eigenvalue weighted by Gasteiger charge is -2.36. The summed E-state index contributed by atoms with van der Waals surface area (Å²) in [6.07, 6.45) is 7.19. The molecular weight excluding hydrogens is 272 g/mol. The van der Waals surface area contributed by atoms with E-state index in [1.54, 1.807) is 0 Å². The Balaban J connectivity index is 1.85. The molecule has 1 saturated heterocycles. The molecule has 2 heterocycles. The van der Waals surface area contributed by atoms with Gasteiger partial charge < -0.3 is 4.90 Å². The van der Waals surface area contributed by atoms with Crippen molar-refractivity contribution in [3.8, 4) is 0 Å². The molecule has 0 amide bonds. The fourth-order valence-corrected chi connectivity index (χ4v) is 3.15. The first-order chi connectivity index (χ1) is 10.3. The highest BCUT2D eigenvalue weighted by molar-refractivity contribution is 5.07. The number of piperidine rings is 1. The van der Waals surface area contributed by atoms with Gasteiger partial charge >= 0.3 is 0 Å². The summed E-state index contributed by atoms with van der Waals surface area (Å²) in [6, 6.07) is 1.24. The predicted octanol–water partition coefficient (Wildman–Crippen LogP) is 4.04. The van der Waals surface area contributed by atoms with E-state index in [1.165, 1.54) is 38.8 Å². The molecule has 0 radical (unpaired) electrons. The number of likely N-dealkylation sites (tertiary alicyclic amines) is 1. The standard InChI is InChI=1S/C18H34N4/c1-14(2)7-8-15(3)21-11-9-16(10-12-21)22-13-17(19-20-22)18(4,5)6/h13-16H,7-12H2,1-6H3/t15-/m1/s1. The lowest BCUT2D eigenvalue weighted by Crippen LogP contribution is -2.40. The fourth-order valence-electron chi connectivity index (χ4n) is 3.15. The first-order valence-electron chi connectivity index (χ1n) is 8.93. The van der Waals surface area contributed by atoms with Gasteiger partial charge in [-0.15, -0.1) is 5.10 Å². The molecule has 0 saturated carbocycles. The molecule has 1 aromatic rings. The van der Waals surface area contributed by atoms with Gasteiger partial charge in [0.15, 0.2) is 0 Å². The van der Waals surface area contributed by atoms with Gasteiger partial charge in [-0.3, -0.25) is 0 Å². The minimum atomic E-state index is 0.0876. The third-order valence-corrected chi connectivity index (χ3v) is 4.94. The summed E-state index contributed by atoms with van der Waals surface area (Å²) in [5, 5.41) is 8.75. The first kappa shape index (κ1) is 17.5. The normalized spacial score (nSPS) is 19.8. The summed E-state index contributed by atoms with van der Waals surface area (Å²) < 4.78 is 2.11. The Morgan fingerprint density at radius 2 is 1.77 bits per heavy atom. The van der Waals surface area contributed by atoms with E-state index in [2.05, 4.69) is 67.6 Å². The number of nitrogens with zero attached hydrogens (tertiary/aromatic N) is 4. The van der Waals surface area contributed by atoms with Gasteiger partial charge in [-0.2, -0.15) is 0 Å². The second kappa shape index (κ2) is 7.12. The number of aromatic nitrogens is 3. The number of rotatable bonds is 5. The van der Waals surface area contributed by atoms with Crippen molar-refractivity contribution in [2.75, 3.05) is 13.1 Å². The van der Waals surface area contributed by atoms with Gasteiger partial charge in [-0.1, -0.05) is 39.8 Å². The topological polar surface area (TPSA) is 34.0 Å². The van der Waals surface area contributed by atoms with Crippen LogP contribution in [-0.4, -0.2) is 39.0 Å². The Morgan fingerprint density at radius 3 is 2.27 bits per heavy atom. The number of hydrogen-bond donors (Lipinski definition) is 0. The molecule has 1 fully saturated rings. The molecule has 0 spiro atoms. The molecule has 0 bridgehead atoms. The molecule has 126 valence electrons. The van der Waals surface area contributed by atoms with Crippen LogP contribution in [0, 0.1) is 5.92 Å². The van der Waals surface area contributed by atoms with Crippen LogP contribution in [-0.2, 0) is 5.41 Å². The molecule has 2 rings (SSSR count). The van der Waals surface area contributed by atoms with Crippen LogP contribution >= 0.6 is 0 Å². The molecule has 1 aliphatic heterocycles. The van der Waals surface area contributed by atoms with Crippen molar-refractivity contribution < 1.29 is 0 Å². The molecule has 4 nitrogen and oxygen atoms in total. The molecule has 1 aromatic heterocycles. The minimum absolute atomic E-state index is 0.0876. The lowest BCUT2D eigenvalue weighted by atomic mass is 9.93. The maximum atomic E-state index is 4.38. The molecule has 4 heteroatoms. The predicted molar refractivity (Wildman–Crippen MR) is 92.1 cm³/mol. The minimum Gasteiger partial charge on any atom is -0.301 e. The summed E-state index contributed by atoms with van der Waals surface area (Å²) in [7, 11) is 0. The van der Waals surface area contributed by atoms with E-state index in [-0.39, 0.29) is 5.41 Å². The molecule has 0 aromatic carbocycles. The van der Waals surface area contributed by atoms with E-state index in [1.807, 2.05) is 0 Å². The highest BCUT2D eigenvalue weighted by Crippen LogP contribution is 2.26. The maximum Gasteiger partial charge on any atom is 0.0880 e. The molecule has 1 aliphatic rings. The van der Waals surface area contributed by atoms with Crippen molar-refractivity contribution in [1.29, 1.82) is 0 Å². The van der Waals surface area contributed by atoms with E-state index < -0.39 is 0 Å². The van der Waals surface area contributed by atoms with Crippen LogP contribution in [0.1, 0.15) is 79.0 Å². The van der Waals surface area contributed by atoms with E-state index in [0.29, 0.717) is 12.1 Å². The van der Waals surface area contributed by atoms with Crippen molar-refractivity contribution >= 4 is 0 Å². The molecule has 0 unspecified atom stereocenters. The Morgan fingerprint density at radius 1 is 1.14 bits per heavy atom. The van der Waals surface area contributed by atoms with Gasteiger partial charge in [0.1, 0.15) is 0 Å². The highest BCUT2D eigenvalue weighted by Gasteiger charge is 2.26. The Hall–Kier alpha value is -0.900. The van der Waals surface area contributed by atoms with Crippen LogP contribution in [0.4, 0.5) is 0 Å². The molecule has 0 aliphatic carbocycles. The summed E-state index contributed by atoms with van der Waals surface area (Å²) in [5.41, 5.74) is 1.19. The highest BCUT2D eigenvalue weighted by atomic mass is 15.4. The number of hydrogen-bond acceptors (Lipinski definition) is 3. The van der Waals surface area contributed by atoms with Crippen molar-refractivity contribution in [2.45, 2.75) is 84.7 Å². The molecule has 0 N–H and O–H groups in total. The van der Waals surface area contributed by atoms with E-state index >= 15 is 0 Å². The third-order valence-electron chi connectivity index (χ3n) is 4.94.